The molecule has 20 heavy (non-hydrogen) atoms. The maximum absolute atomic E-state index is 10.5. The van der Waals surface area contributed by atoms with E-state index in [-0.39, 0.29) is 6.10 Å². The molecule has 2 aliphatic carbocycles. The zero-order valence-corrected chi connectivity index (χ0v) is 14.2. The first-order valence-electron chi connectivity index (χ1n) is 8.73. The van der Waals surface area contributed by atoms with Crippen LogP contribution in [0.3, 0.4) is 0 Å². The van der Waals surface area contributed by atoms with E-state index in [2.05, 4.69) is 39.5 Å². The summed E-state index contributed by atoms with van der Waals surface area (Å²) < 4.78 is 0. The van der Waals surface area contributed by atoms with E-state index in [9.17, 15) is 5.11 Å². The highest BCUT2D eigenvalue weighted by molar-refractivity contribution is 4.96. The van der Waals surface area contributed by atoms with Gasteiger partial charge < -0.3 is 5.11 Å². The summed E-state index contributed by atoms with van der Waals surface area (Å²) in [4.78, 5) is 2.67. The van der Waals surface area contributed by atoms with Crippen molar-refractivity contribution in [2.75, 3.05) is 6.54 Å². The molecule has 0 amide bonds. The molecule has 0 aromatic rings. The van der Waals surface area contributed by atoms with Crippen LogP contribution in [0.25, 0.3) is 0 Å². The molecule has 118 valence electrons. The number of hydrogen-bond acceptors (Lipinski definition) is 2. The van der Waals surface area contributed by atoms with Crippen LogP contribution in [-0.4, -0.2) is 34.7 Å². The van der Waals surface area contributed by atoms with Gasteiger partial charge in [0.05, 0.1) is 6.10 Å². The molecule has 2 saturated carbocycles. The van der Waals surface area contributed by atoms with E-state index in [1.165, 1.54) is 38.6 Å². The summed E-state index contributed by atoms with van der Waals surface area (Å²) in [6.45, 7) is 12.9. The van der Waals surface area contributed by atoms with Crippen LogP contribution in [0, 0.1) is 17.3 Å². The van der Waals surface area contributed by atoms with Gasteiger partial charge in [0.25, 0.3) is 0 Å². The highest BCUT2D eigenvalue weighted by atomic mass is 16.3. The second-order valence-corrected chi connectivity index (χ2v) is 8.66. The van der Waals surface area contributed by atoms with Crippen LogP contribution >= 0.6 is 0 Å². The quantitative estimate of drug-likeness (QED) is 0.821. The molecule has 2 fully saturated rings. The lowest BCUT2D eigenvalue weighted by molar-refractivity contribution is -0.0219. The van der Waals surface area contributed by atoms with Crippen molar-refractivity contribution in [3.63, 3.8) is 0 Å². The zero-order chi connectivity index (χ0) is 14.9. The van der Waals surface area contributed by atoms with E-state index in [4.69, 9.17) is 0 Å². The molecule has 3 unspecified atom stereocenters. The van der Waals surface area contributed by atoms with Crippen molar-refractivity contribution in [2.24, 2.45) is 17.3 Å². The minimum atomic E-state index is -0.0960. The molecule has 0 radical (unpaired) electrons. The Hall–Kier alpha value is -0.0800. The van der Waals surface area contributed by atoms with Gasteiger partial charge in [-0.2, -0.15) is 0 Å². The summed E-state index contributed by atoms with van der Waals surface area (Å²) >= 11 is 0. The largest absolute Gasteiger partial charge is 0.391 e. The second kappa shape index (κ2) is 6.36. The summed E-state index contributed by atoms with van der Waals surface area (Å²) in [5.74, 6) is 1.52. The molecule has 2 nitrogen and oxygen atoms in total. The molecule has 0 aromatic heterocycles. The number of rotatable bonds is 5. The van der Waals surface area contributed by atoms with Gasteiger partial charge >= 0.3 is 0 Å². The SMILES string of the molecule is CC(C)CCN(C1CC1)C1CC(C(C)(C)C)CCC1O. The smallest absolute Gasteiger partial charge is 0.0695 e. The van der Waals surface area contributed by atoms with Gasteiger partial charge in [-0.05, 0) is 62.3 Å². The summed E-state index contributed by atoms with van der Waals surface area (Å²) in [6.07, 6.45) is 7.25. The molecule has 2 heteroatoms. The van der Waals surface area contributed by atoms with Gasteiger partial charge in [-0.1, -0.05) is 34.6 Å². The Morgan fingerprint density at radius 1 is 1.10 bits per heavy atom. The Morgan fingerprint density at radius 2 is 1.75 bits per heavy atom. The maximum Gasteiger partial charge on any atom is 0.0695 e. The highest BCUT2D eigenvalue weighted by Gasteiger charge is 2.42. The first-order chi connectivity index (χ1) is 9.29. The average molecular weight is 281 g/mol. The molecular formula is C18H35NO. The fourth-order valence-electron chi connectivity index (χ4n) is 3.71. The molecular weight excluding hydrogens is 246 g/mol. The van der Waals surface area contributed by atoms with Crippen molar-refractivity contribution < 1.29 is 5.11 Å². The Morgan fingerprint density at radius 3 is 2.25 bits per heavy atom. The summed E-state index contributed by atoms with van der Waals surface area (Å²) in [6, 6.07) is 1.19. The molecule has 0 aromatic carbocycles. The monoisotopic (exact) mass is 281 g/mol. The van der Waals surface area contributed by atoms with Gasteiger partial charge in [0, 0.05) is 12.1 Å². The normalized spacial score (nSPS) is 32.1. The third kappa shape index (κ3) is 4.21. The fraction of sp³-hybridized carbons (Fsp3) is 1.00. The van der Waals surface area contributed by atoms with E-state index in [1.54, 1.807) is 0 Å². The fourth-order valence-corrected chi connectivity index (χ4v) is 3.71. The second-order valence-electron chi connectivity index (χ2n) is 8.66. The van der Waals surface area contributed by atoms with Crippen molar-refractivity contribution >= 4 is 0 Å². The summed E-state index contributed by atoms with van der Waals surface area (Å²) in [7, 11) is 0. The molecule has 2 aliphatic rings. The van der Waals surface area contributed by atoms with Crippen molar-refractivity contribution in [1.82, 2.24) is 4.90 Å². The van der Waals surface area contributed by atoms with Gasteiger partial charge in [0.1, 0.15) is 0 Å². The van der Waals surface area contributed by atoms with E-state index >= 15 is 0 Å². The van der Waals surface area contributed by atoms with Crippen LogP contribution in [0.4, 0.5) is 0 Å². The highest BCUT2D eigenvalue weighted by Crippen LogP contribution is 2.42. The molecule has 1 N–H and O–H groups in total. The minimum Gasteiger partial charge on any atom is -0.391 e. The summed E-state index contributed by atoms with van der Waals surface area (Å²) in [5, 5.41) is 10.5. The number of nitrogens with zero attached hydrogens (tertiary/aromatic N) is 1. The van der Waals surface area contributed by atoms with Crippen LogP contribution in [-0.2, 0) is 0 Å². The van der Waals surface area contributed by atoms with Crippen molar-refractivity contribution in [1.29, 1.82) is 0 Å². The topological polar surface area (TPSA) is 23.5 Å². The average Bonchev–Trinajstić information content (AvgIpc) is 3.14. The molecule has 2 rings (SSSR count). The lowest BCUT2D eigenvalue weighted by atomic mass is 9.70. The Bertz CT molecular complexity index is 303. The number of aliphatic hydroxyl groups excluding tert-OH is 1. The van der Waals surface area contributed by atoms with E-state index in [0.717, 1.165) is 24.3 Å². The maximum atomic E-state index is 10.5. The van der Waals surface area contributed by atoms with Crippen LogP contribution < -0.4 is 0 Å². The summed E-state index contributed by atoms with van der Waals surface area (Å²) in [5.41, 5.74) is 0.381. The van der Waals surface area contributed by atoms with Gasteiger partial charge in [-0.3, -0.25) is 4.90 Å². The lowest BCUT2D eigenvalue weighted by Gasteiger charge is -2.45. The Balaban J connectivity index is 2.01. The molecule has 0 heterocycles. The van der Waals surface area contributed by atoms with Gasteiger partial charge in [-0.15, -0.1) is 0 Å². The van der Waals surface area contributed by atoms with Gasteiger partial charge in [0.2, 0.25) is 0 Å². The van der Waals surface area contributed by atoms with Gasteiger partial charge in [-0.25, -0.2) is 0 Å². The first-order valence-corrected chi connectivity index (χ1v) is 8.73. The predicted molar refractivity (Wildman–Crippen MR) is 85.8 cm³/mol. The van der Waals surface area contributed by atoms with Crippen molar-refractivity contribution in [2.45, 2.75) is 91.3 Å². The lowest BCUT2D eigenvalue weighted by Crippen LogP contribution is -2.50. The third-order valence-electron chi connectivity index (χ3n) is 5.41. The number of hydrogen-bond donors (Lipinski definition) is 1. The van der Waals surface area contributed by atoms with E-state index < -0.39 is 0 Å². The standard InChI is InChI=1S/C18H35NO/c1-13(2)10-11-19(15-7-8-15)16-12-14(18(3,4)5)6-9-17(16)20/h13-17,20H,6-12H2,1-5H3. The van der Waals surface area contributed by atoms with Crippen LogP contribution in [0.5, 0.6) is 0 Å². The first kappa shape index (κ1) is 16.3. The van der Waals surface area contributed by atoms with E-state index in [1.807, 2.05) is 0 Å². The molecule has 3 atom stereocenters. The van der Waals surface area contributed by atoms with Crippen LogP contribution in [0.15, 0.2) is 0 Å². The third-order valence-corrected chi connectivity index (χ3v) is 5.41. The predicted octanol–water partition coefficient (Wildman–Crippen LogP) is 4.07. The molecule has 0 aliphatic heterocycles. The van der Waals surface area contributed by atoms with Crippen LogP contribution in [0.1, 0.15) is 73.1 Å². The molecule has 0 spiro atoms. The van der Waals surface area contributed by atoms with Crippen LogP contribution in [0.2, 0.25) is 0 Å². The Labute approximate surface area is 125 Å². The molecule has 0 saturated heterocycles. The minimum absolute atomic E-state index is 0.0960. The zero-order valence-electron chi connectivity index (χ0n) is 14.2. The van der Waals surface area contributed by atoms with E-state index in [0.29, 0.717) is 11.5 Å². The molecule has 0 bridgehead atoms. The van der Waals surface area contributed by atoms with Crippen molar-refractivity contribution in [3.8, 4) is 0 Å². The van der Waals surface area contributed by atoms with Gasteiger partial charge in [0.15, 0.2) is 0 Å². The Kier molecular flexibility index (Phi) is 5.18. The van der Waals surface area contributed by atoms with Crippen molar-refractivity contribution in [3.05, 3.63) is 0 Å². The number of aliphatic hydroxyl groups is 1.